The van der Waals surface area contributed by atoms with E-state index in [1.54, 1.807) is 11.8 Å². The minimum Gasteiger partial charge on any atom is -0.369 e. The number of benzene rings is 3. The van der Waals surface area contributed by atoms with Gasteiger partial charge < -0.3 is 15.1 Å². The van der Waals surface area contributed by atoms with Crippen molar-refractivity contribution in [2.75, 3.05) is 50.7 Å². The van der Waals surface area contributed by atoms with Gasteiger partial charge in [0.05, 0.1) is 0 Å². The van der Waals surface area contributed by atoms with Crippen LogP contribution in [0.25, 0.3) is 0 Å². The number of piperazine rings is 1. The first-order valence-corrected chi connectivity index (χ1v) is 18.7. The van der Waals surface area contributed by atoms with Crippen LogP contribution in [-0.2, 0) is 10.2 Å². The smallest absolute Gasteiger partial charge is 0.369 e. The number of rotatable bonds is 12. The van der Waals surface area contributed by atoms with Gasteiger partial charge in [-0.25, -0.2) is 0 Å². The first-order chi connectivity index (χ1) is 24.2. The van der Waals surface area contributed by atoms with Crippen molar-refractivity contribution >= 4 is 29.3 Å². The van der Waals surface area contributed by atoms with Crippen LogP contribution in [0.1, 0.15) is 72.9 Å². The molecule has 10 heteroatoms. The molecule has 6 rings (SSSR count). The number of halogens is 3. The van der Waals surface area contributed by atoms with Crippen LogP contribution in [0.4, 0.5) is 18.9 Å². The summed E-state index contributed by atoms with van der Waals surface area (Å²) in [6.07, 6.45) is 4.94. The molecule has 0 atom stereocenters. The van der Waals surface area contributed by atoms with Crippen molar-refractivity contribution in [1.82, 2.24) is 15.1 Å². The molecule has 1 saturated heterocycles. The van der Waals surface area contributed by atoms with Gasteiger partial charge in [-0.05, 0) is 79.8 Å². The first kappa shape index (κ1) is 36.0. The largest absolute Gasteiger partial charge is 0.405 e. The Hall–Kier alpha value is -3.76. The Kier molecular flexibility index (Phi) is 11.6. The standard InChI is InChI=1S/C40H47F3N4O2S/c1-2-23-47(32-12-4-3-5-13-32)37(48)30-18-20-31(21-19-30)46-27-25-45(26-28-46)24-11-10-22-39(38(49)44-29-40(41,42)43)33-14-6-8-16-35(33)50-36-17-9-7-15-34(36)39/h2,6-9,14-21,32H,1,3-5,10-13,22-29H2,(H,44,49). The first-order valence-electron chi connectivity index (χ1n) is 17.9. The average molecular weight is 705 g/mol. The lowest BCUT2D eigenvalue weighted by Gasteiger charge is -2.40. The number of amides is 2. The summed E-state index contributed by atoms with van der Waals surface area (Å²) < 4.78 is 39.8. The van der Waals surface area contributed by atoms with E-state index >= 15 is 0 Å². The number of hydrogen-bond donors (Lipinski definition) is 1. The minimum atomic E-state index is -4.50. The maximum absolute atomic E-state index is 13.9. The van der Waals surface area contributed by atoms with Crippen LogP contribution >= 0.6 is 11.8 Å². The fraction of sp³-hybridized carbons (Fsp3) is 0.450. The highest BCUT2D eigenvalue weighted by Crippen LogP contribution is 2.51. The summed E-state index contributed by atoms with van der Waals surface area (Å²) in [7, 11) is 0. The van der Waals surface area contributed by atoms with E-state index in [-0.39, 0.29) is 11.9 Å². The summed E-state index contributed by atoms with van der Waals surface area (Å²) in [5.41, 5.74) is 2.16. The third-order valence-electron chi connectivity index (χ3n) is 10.5. The van der Waals surface area contributed by atoms with Gasteiger partial charge in [-0.15, -0.1) is 6.58 Å². The lowest BCUT2D eigenvalue weighted by atomic mass is 9.69. The molecule has 3 aliphatic rings. The van der Waals surface area contributed by atoms with Gasteiger partial charge in [0.25, 0.3) is 5.91 Å². The topological polar surface area (TPSA) is 55.9 Å². The van der Waals surface area contributed by atoms with Crippen molar-refractivity contribution in [2.45, 2.75) is 78.8 Å². The second-order valence-electron chi connectivity index (χ2n) is 13.7. The molecule has 2 fully saturated rings. The van der Waals surface area contributed by atoms with Crippen molar-refractivity contribution in [2.24, 2.45) is 0 Å². The van der Waals surface area contributed by atoms with Gasteiger partial charge in [-0.3, -0.25) is 14.5 Å². The lowest BCUT2D eigenvalue weighted by molar-refractivity contribution is -0.141. The molecule has 2 amide bonds. The predicted octanol–water partition coefficient (Wildman–Crippen LogP) is 8.07. The number of hydrogen-bond acceptors (Lipinski definition) is 5. The molecule has 1 N–H and O–H groups in total. The molecule has 3 aromatic carbocycles. The monoisotopic (exact) mass is 704 g/mol. The van der Waals surface area contributed by atoms with Gasteiger partial charge in [0, 0.05) is 59.8 Å². The molecule has 6 nitrogen and oxygen atoms in total. The zero-order chi connectivity index (χ0) is 35.1. The molecule has 0 spiro atoms. The third kappa shape index (κ3) is 8.07. The Morgan fingerprint density at radius 2 is 1.50 bits per heavy atom. The number of unbranched alkanes of at least 4 members (excludes halogenated alkanes) is 1. The average Bonchev–Trinajstić information content (AvgIpc) is 3.14. The molecule has 0 unspecified atom stereocenters. The Morgan fingerprint density at radius 1 is 0.880 bits per heavy atom. The van der Waals surface area contributed by atoms with E-state index in [1.165, 1.54) is 19.3 Å². The maximum atomic E-state index is 13.9. The van der Waals surface area contributed by atoms with Crippen molar-refractivity contribution in [3.05, 3.63) is 102 Å². The molecule has 0 aromatic heterocycles. The Labute approximate surface area is 298 Å². The van der Waals surface area contributed by atoms with Crippen molar-refractivity contribution in [1.29, 1.82) is 0 Å². The fourth-order valence-electron chi connectivity index (χ4n) is 7.90. The van der Waals surface area contributed by atoms with Gasteiger partial charge in [0.2, 0.25) is 5.91 Å². The quantitative estimate of drug-likeness (QED) is 0.153. The van der Waals surface area contributed by atoms with Crippen molar-refractivity contribution in [3.63, 3.8) is 0 Å². The van der Waals surface area contributed by atoms with Gasteiger partial charge in [-0.2, -0.15) is 13.2 Å². The minimum absolute atomic E-state index is 0.0757. The van der Waals surface area contributed by atoms with Gasteiger partial charge in [-0.1, -0.05) is 79.9 Å². The molecule has 266 valence electrons. The Bertz CT molecular complexity index is 1590. The molecular weight excluding hydrogens is 658 g/mol. The van der Waals surface area contributed by atoms with E-state index in [0.29, 0.717) is 24.9 Å². The van der Waals surface area contributed by atoms with Gasteiger partial charge in [0.15, 0.2) is 0 Å². The van der Waals surface area contributed by atoms with Crippen LogP contribution in [0.5, 0.6) is 0 Å². The number of alkyl halides is 3. The van der Waals surface area contributed by atoms with Crippen LogP contribution in [0.15, 0.2) is 95.2 Å². The number of nitrogens with zero attached hydrogens (tertiary/aromatic N) is 3. The Balaban J connectivity index is 1.06. The Morgan fingerprint density at radius 3 is 2.10 bits per heavy atom. The summed E-state index contributed by atoms with van der Waals surface area (Å²) in [6, 6.07) is 23.5. The molecule has 1 saturated carbocycles. The summed E-state index contributed by atoms with van der Waals surface area (Å²) >= 11 is 1.56. The van der Waals surface area contributed by atoms with E-state index in [0.717, 1.165) is 78.6 Å². The molecular formula is C40H47F3N4O2S. The molecule has 1 aliphatic carbocycles. The second kappa shape index (κ2) is 16.1. The van der Waals surface area contributed by atoms with Gasteiger partial charge >= 0.3 is 6.18 Å². The van der Waals surface area contributed by atoms with E-state index < -0.39 is 24.0 Å². The molecule has 2 heterocycles. The second-order valence-corrected chi connectivity index (χ2v) is 14.8. The number of carbonyl (C=O) groups excluding carboxylic acids is 2. The lowest BCUT2D eigenvalue weighted by Crippen LogP contribution is -2.49. The van der Waals surface area contributed by atoms with E-state index in [4.69, 9.17) is 0 Å². The van der Waals surface area contributed by atoms with E-state index in [9.17, 15) is 22.8 Å². The zero-order valence-electron chi connectivity index (χ0n) is 28.6. The number of carbonyl (C=O) groups is 2. The number of nitrogens with one attached hydrogen (secondary N) is 1. The highest BCUT2D eigenvalue weighted by Gasteiger charge is 2.47. The summed E-state index contributed by atoms with van der Waals surface area (Å²) in [5.74, 6) is -0.523. The molecule has 2 aliphatic heterocycles. The van der Waals surface area contributed by atoms with Gasteiger partial charge in [0.1, 0.15) is 12.0 Å². The zero-order valence-corrected chi connectivity index (χ0v) is 29.4. The molecule has 0 bridgehead atoms. The van der Waals surface area contributed by atoms with Crippen molar-refractivity contribution < 1.29 is 22.8 Å². The molecule has 3 aromatic rings. The van der Waals surface area contributed by atoms with E-state index in [2.05, 4.69) is 33.8 Å². The normalized spacial score (nSPS) is 17.8. The summed E-state index contributed by atoms with van der Waals surface area (Å²) in [4.78, 5) is 35.9. The molecule has 0 radical (unpaired) electrons. The van der Waals surface area contributed by atoms with Crippen LogP contribution in [0.3, 0.4) is 0 Å². The van der Waals surface area contributed by atoms with Crippen LogP contribution in [-0.4, -0.2) is 79.6 Å². The number of anilines is 1. The van der Waals surface area contributed by atoms with Crippen LogP contribution in [0.2, 0.25) is 0 Å². The maximum Gasteiger partial charge on any atom is 0.405 e. The third-order valence-corrected chi connectivity index (χ3v) is 11.6. The summed E-state index contributed by atoms with van der Waals surface area (Å²) in [6.45, 7) is 7.43. The SMILES string of the molecule is C=CCN(C(=O)c1ccc(N2CCN(CCCCC3(C(=O)NCC(F)(F)F)c4ccccc4Sc4ccccc43)CC2)cc1)C1CCCCC1. The number of fused-ring (bicyclic) bond motifs is 2. The highest BCUT2D eigenvalue weighted by molar-refractivity contribution is 7.99. The van der Waals surface area contributed by atoms with Crippen LogP contribution in [0, 0.1) is 0 Å². The summed E-state index contributed by atoms with van der Waals surface area (Å²) in [5, 5.41) is 2.25. The van der Waals surface area contributed by atoms with Crippen molar-refractivity contribution in [3.8, 4) is 0 Å². The highest BCUT2D eigenvalue weighted by atomic mass is 32.2. The van der Waals surface area contributed by atoms with E-state index in [1.807, 2.05) is 71.6 Å². The fourth-order valence-corrected chi connectivity index (χ4v) is 9.14. The van der Waals surface area contributed by atoms with Crippen LogP contribution < -0.4 is 10.2 Å². The molecule has 50 heavy (non-hydrogen) atoms. The predicted molar refractivity (Wildman–Crippen MR) is 194 cm³/mol.